The van der Waals surface area contributed by atoms with Gasteiger partial charge in [0, 0.05) is 63.0 Å². The SMILES string of the molecule is CC(C)c1ccc(-c2cccs2)s1.CC(C)c1ccc(C2=CC=CC2)nc1.CC(C)c1ccc(N(CCC#N)CCC#N)cc1.CC(C)c1ccc(OCc2ccc([N+](=O)[O-])cc2)cc1.COc1ccc(C=O)cc1OCCOc1cc(C(C)C)ccc1OC.Cc1ccccc1-n1ncc(C(C)C)c1C. The Balaban J connectivity index is 0.000000202. The van der Waals surface area contributed by atoms with Crippen molar-refractivity contribution in [3.05, 3.63) is 277 Å². The van der Waals surface area contributed by atoms with Gasteiger partial charge in [-0.15, -0.1) is 22.7 Å². The molecule has 556 valence electrons. The Morgan fingerprint density at radius 1 is 0.604 bits per heavy atom. The fourth-order valence-electron chi connectivity index (χ4n) is 10.8. The van der Waals surface area contributed by atoms with Crippen LogP contribution < -0.4 is 28.6 Å². The number of aldehydes is 1. The van der Waals surface area contributed by atoms with Crippen molar-refractivity contribution < 1.29 is 33.4 Å². The van der Waals surface area contributed by atoms with Crippen LogP contribution in [0.5, 0.6) is 28.7 Å². The van der Waals surface area contributed by atoms with E-state index in [4.69, 9.17) is 34.2 Å². The minimum atomic E-state index is -0.407. The first kappa shape index (κ1) is 84.3. The molecule has 15 nitrogen and oxygen atoms in total. The number of thiophene rings is 2. The number of carbonyl (C=O) groups excluding carboxylic acids is 1. The molecule has 0 fully saturated rings. The first-order valence-corrected chi connectivity index (χ1v) is 37.9. The van der Waals surface area contributed by atoms with Gasteiger partial charge in [0.2, 0.25) is 0 Å². The molecule has 0 bridgehead atoms. The highest BCUT2D eigenvalue weighted by atomic mass is 32.1. The van der Waals surface area contributed by atoms with Crippen LogP contribution >= 0.6 is 22.7 Å². The van der Waals surface area contributed by atoms with Crippen molar-refractivity contribution >= 4 is 45.9 Å². The van der Waals surface area contributed by atoms with E-state index in [1.165, 1.54) is 77.1 Å². The van der Waals surface area contributed by atoms with Gasteiger partial charge >= 0.3 is 0 Å². The number of hydrogen-bond donors (Lipinski definition) is 0. The van der Waals surface area contributed by atoms with Crippen molar-refractivity contribution in [1.82, 2.24) is 14.8 Å². The maximum Gasteiger partial charge on any atom is 0.269 e. The van der Waals surface area contributed by atoms with Crippen LogP contribution in [0.3, 0.4) is 0 Å². The third-order valence-corrected chi connectivity index (χ3v) is 19.8. The lowest BCUT2D eigenvalue weighted by atomic mass is 10.0. The maximum atomic E-state index is 10.9. The number of hydrogen-bond acceptors (Lipinski definition) is 15. The number of non-ortho nitro benzene ring substituents is 1. The minimum Gasteiger partial charge on any atom is -0.493 e. The number of nitrogens with zero attached hydrogens (tertiary/aromatic N) is 7. The van der Waals surface area contributed by atoms with Gasteiger partial charge in [0.1, 0.15) is 31.9 Å². The van der Waals surface area contributed by atoms with Crippen LogP contribution in [0.1, 0.15) is 203 Å². The van der Waals surface area contributed by atoms with E-state index in [2.05, 4.69) is 245 Å². The number of nitro groups is 1. The van der Waals surface area contributed by atoms with E-state index >= 15 is 0 Å². The number of aromatic nitrogens is 3. The summed E-state index contributed by atoms with van der Waals surface area (Å²) < 4.78 is 29.8. The van der Waals surface area contributed by atoms with Gasteiger partial charge in [0.25, 0.3) is 5.69 Å². The molecule has 11 rings (SSSR count). The molecule has 6 aromatic carbocycles. The van der Waals surface area contributed by atoms with Crippen LogP contribution in [0.25, 0.3) is 21.0 Å². The number of pyridine rings is 1. The van der Waals surface area contributed by atoms with Gasteiger partial charge in [-0.05, 0) is 203 Å². The van der Waals surface area contributed by atoms with E-state index in [-0.39, 0.29) is 5.69 Å². The summed E-state index contributed by atoms with van der Waals surface area (Å²) in [5.74, 6) is 6.42. The number of nitriles is 2. The second kappa shape index (κ2) is 44.3. The standard InChI is InChI=1S/C20H24O5.C16H17NO3.C15H19N3.C14H18N2.C13H15N.C11H12S2/c1-14(2)16-6-8-18(23-4)20(12-16)25-10-9-24-19-11-15(13-21)5-7-17(19)22-3;1-12(2)14-5-9-16(10-6-14)20-11-13-3-7-15(8-4-13)17(18)19;1-13(2)14-5-7-15(8-6-14)18(11-3-9-16)12-4-10-17;1-10(2)13-9-15-16(12(13)4)14-8-6-5-7-11(14)3;1-10(2)12-7-8-13(14-9-12)11-5-3-4-6-11;1-8(2)9-5-6-11(13-9)10-4-3-7-12-10/h5-8,11-14H,9-10H2,1-4H3;3-10,12H,11H2,1-2H3;5-8,13H,3-4,11-12H2,1-2H3;5-10H,1-4H3;3-5,7-10H,6H2,1-2H3;3-8H,1-2H3. The Labute approximate surface area is 637 Å². The number of para-hydroxylation sites is 1. The molecule has 0 atom stereocenters. The van der Waals surface area contributed by atoms with Crippen molar-refractivity contribution in [3.63, 3.8) is 0 Å². The maximum absolute atomic E-state index is 10.9. The minimum absolute atomic E-state index is 0.0926. The largest absolute Gasteiger partial charge is 0.493 e. The zero-order chi connectivity index (χ0) is 77.1. The van der Waals surface area contributed by atoms with Crippen molar-refractivity contribution in [1.29, 1.82) is 10.5 Å². The highest BCUT2D eigenvalue weighted by Gasteiger charge is 2.15. The number of nitro benzene ring substituents is 1. The molecule has 10 aromatic rings. The van der Waals surface area contributed by atoms with E-state index in [0.717, 1.165) is 35.4 Å². The summed E-state index contributed by atoms with van der Waals surface area (Å²) in [5.41, 5.74) is 15.1. The van der Waals surface area contributed by atoms with Crippen molar-refractivity contribution in [2.24, 2.45) is 0 Å². The van der Waals surface area contributed by atoms with Crippen LogP contribution in [0.15, 0.2) is 206 Å². The first-order valence-electron chi connectivity index (χ1n) is 36.2. The molecule has 0 spiro atoms. The molecule has 1 aliphatic rings. The van der Waals surface area contributed by atoms with Gasteiger partial charge in [-0.1, -0.05) is 162 Å². The fraction of sp³-hybridized carbons (Fsp3) is 0.337. The second-order valence-corrected chi connectivity index (χ2v) is 29.2. The summed E-state index contributed by atoms with van der Waals surface area (Å²) in [6.45, 7) is 32.8. The molecule has 0 aliphatic heterocycles. The molecule has 0 unspecified atom stereocenters. The van der Waals surface area contributed by atoms with E-state index < -0.39 is 4.92 Å². The monoisotopic (exact) mass is 1460 g/mol. The number of anilines is 1. The lowest BCUT2D eigenvalue weighted by molar-refractivity contribution is -0.384. The van der Waals surface area contributed by atoms with Crippen molar-refractivity contribution in [2.75, 3.05) is 45.4 Å². The molecule has 0 amide bonds. The Bertz CT molecular complexity index is 4410. The molecule has 106 heavy (non-hydrogen) atoms. The Kier molecular flexibility index (Phi) is 35.2. The summed E-state index contributed by atoms with van der Waals surface area (Å²) in [7, 11) is 3.17. The van der Waals surface area contributed by atoms with Crippen molar-refractivity contribution in [3.8, 4) is 56.3 Å². The number of rotatable bonds is 26. The van der Waals surface area contributed by atoms with Crippen LogP contribution in [-0.2, 0) is 6.61 Å². The van der Waals surface area contributed by atoms with Gasteiger partial charge in [0.15, 0.2) is 23.0 Å². The van der Waals surface area contributed by atoms with Gasteiger partial charge in [-0.25, -0.2) is 4.68 Å². The van der Waals surface area contributed by atoms with Gasteiger partial charge in [-0.2, -0.15) is 15.6 Å². The van der Waals surface area contributed by atoms with Crippen LogP contribution in [-0.4, -0.2) is 66.5 Å². The predicted molar refractivity (Wildman–Crippen MR) is 437 cm³/mol. The highest BCUT2D eigenvalue weighted by Crippen LogP contribution is 2.36. The summed E-state index contributed by atoms with van der Waals surface area (Å²) >= 11 is 3.72. The van der Waals surface area contributed by atoms with Gasteiger partial charge in [-0.3, -0.25) is 19.9 Å². The summed E-state index contributed by atoms with van der Waals surface area (Å²) in [6.07, 6.45) is 13.1. The van der Waals surface area contributed by atoms with Crippen LogP contribution in [0, 0.1) is 46.6 Å². The predicted octanol–water partition coefficient (Wildman–Crippen LogP) is 23.6. The molecule has 0 saturated heterocycles. The quantitative estimate of drug-likeness (QED) is 0.0216. The Morgan fingerprint density at radius 3 is 1.68 bits per heavy atom. The molecular weight excluding hydrogens is 1360 g/mol. The number of methoxy groups -OCH3 is 2. The average molecular weight is 1460 g/mol. The molecule has 0 radical (unpaired) electrons. The average Bonchev–Trinajstić information content (AvgIpc) is 1.67. The number of allylic oxidation sites excluding steroid dienone is 4. The second-order valence-electron chi connectivity index (χ2n) is 27.1. The molecule has 4 heterocycles. The highest BCUT2D eigenvalue weighted by molar-refractivity contribution is 7.21. The first-order chi connectivity index (χ1) is 51.0. The topological polar surface area (TPSA) is 188 Å². The van der Waals surface area contributed by atoms with Gasteiger partial charge < -0.3 is 28.6 Å². The van der Waals surface area contributed by atoms with Crippen LogP contribution in [0.2, 0.25) is 0 Å². The van der Waals surface area contributed by atoms with E-state index in [0.29, 0.717) is 110 Å². The smallest absolute Gasteiger partial charge is 0.269 e. The van der Waals surface area contributed by atoms with E-state index in [9.17, 15) is 14.9 Å². The van der Waals surface area contributed by atoms with Crippen LogP contribution in [0.4, 0.5) is 11.4 Å². The molecule has 4 aromatic heterocycles. The third-order valence-electron chi connectivity index (χ3n) is 17.3. The molecule has 17 heteroatoms. The summed E-state index contributed by atoms with van der Waals surface area (Å²) in [6, 6.07) is 59.4. The Hall–Kier alpha value is -10.6. The normalized spacial score (nSPS) is 11.1. The molecule has 0 saturated carbocycles. The number of aryl methyl sites for hydroxylation is 1. The van der Waals surface area contributed by atoms with Gasteiger partial charge in [0.05, 0.1) is 61.7 Å². The lowest BCUT2D eigenvalue weighted by Crippen LogP contribution is -2.25. The van der Waals surface area contributed by atoms with E-state index in [1.54, 1.807) is 44.6 Å². The molecule has 1 aliphatic carbocycles. The van der Waals surface area contributed by atoms with E-state index in [1.807, 2.05) is 70.1 Å². The number of benzene rings is 6. The number of ether oxygens (including phenoxy) is 5. The lowest BCUT2D eigenvalue weighted by Gasteiger charge is -2.23. The van der Waals surface area contributed by atoms with Crippen molar-refractivity contribution in [2.45, 2.75) is 158 Å². The zero-order valence-corrected chi connectivity index (χ0v) is 66.2. The molecule has 0 N–H and O–H groups in total. The Morgan fingerprint density at radius 2 is 1.19 bits per heavy atom. The summed E-state index contributed by atoms with van der Waals surface area (Å²) in [5, 5.41) is 34.5. The fourth-order valence-corrected chi connectivity index (χ4v) is 12.7. The third kappa shape index (κ3) is 26.8. The number of carbonyl (C=O) groups is 1. The summed E-state index contributed by atoms with van der Waals surface area (Å²) in [4.78, 5) is 31.9. The molecular formula is C89H105N7O8S2. The zero-order valence-electron chi connectivity index (χ0n) is 64.5.